The van der Waals surface area contributed by atoms with Gasteiger partial charge in [-0.1, -0.05) is 17.7 Å². The molecule has 1 aromatic carbocycles. The van der Waals surface area contributed by atoms with Crippen LogP contribution >= 0.6 is 11.6 Å². The Morgan fingerprint density at radius 3 is 2.94 bits per heavy atom. The number of fused-ring (bicyclic) bond motifs is 1. The smallest absolute Gasteiger partial charge is 0.201 e. The number of para-hydroxylation sites is 1. The second kappa shape index (κ2) is 4.78. The van der Waals surface area contributed by atoms with Gasteiger partial charge in [0.2, 0.25) is 5.95 Å². The molecular weight excluding hydrogens is 250 g/mol. The lowest BCUT2D eigenvalue weighted by molar-refractivity contribution is 0.0618. The lowest BCUT2D eigenvalue weighted by Crippen LogP contribution is -2.21. The molecule has 0 amide bonds. The van der Waals surface area contributed by atoms with Crippen LogP contribution in [0.15, 0.2) is 18.2 Å². The molecule has 0 bridgehead atoms. The van der Waals surface area contributed by atoms with Gasteiger partial charge in [-0.15, -0.1) is 0 Å². The monoisotopic (exact) mass is 265 g/mol. The van der Waals surface area contributed by atoms with Crippen molar-refractivity contribution in [3.8, 4) is 0 Å². The Kier molecular flexibility index (Phi) is 3.14. The molecule has 5 heteroatoms. The van der Waals surface area contributed by atoms with Gasteiger partial charge in [0, 0.05) is 19.8 Å². The largest absolute Gasteiger partial charge is 0.381 e. The van der Waals surface area contributed by atoms with Crippen LogP contribution < -0.4 is 5.73 Å². The third-order valence-corrected chi connectivity index (χ3v) is 3.83. The molecule has 2 heterocycles. The molecule has 0 atom stereocenters. The quantitative estimate of drug-likeness (QED) is 0.908. The van der Waals surface area contributed by atoms with E-state index in [0.29, 0.717) is 16.9 Å². The second-order valence-electron chi connectivity index (χ2n) is 4.74. The second-order valence-corrected chi connectivity index (χ2v) is 5.15. The lowest BCUT2D eigenvalue weighted by Gasteiger charge is -2.23. The number of hydrogen-bond donors (Lipinski definition) is 1. The number of hydrogen-bond acceptors (Lipinski definition) is 3. The van der Waals surface area contributed by atoms with Crippen molar-refractivity contribution < 1.29 is 4.74 Å². The lowest BCUT2D eigenvalue weighted by atomic mass is 10.0. The van der Waals surface area contributed by atoms with E-state index in [1.807, 2.05) is 22.8 Å². The highest BCUT2D eigenvalue weighted by atomic mass is 35.5. The molecule has 3 rings (SSSR count). The zero-order valence-electron chi connectivity index (χ0n) is 10.1. The van der Waals surface area contributed by atoms with Gasteiger partial charge in [-0.2, -0.15) is 0 Å². The molecule has 1 aromatic heterocycles. The first-order valence-corrected chi connectivity index (χ1v) is 6.61. The normalized spacial score (nSPS) is 17.4. The van der Waals surface area contributed by atoms with Gasteiger partial charge in [0.15, 0.2) is 0 Å². The first-order chi connectivity index (χ1) is 8.75. The van der Waals surface area contributed by atoms with E-state index in [2.05, 4.69) is 4.98 Å². The zero-order chi connectivity index (χ0) is 12.5. The number of imidazole rings is 1. The SMILES string of the molecule is Nc1nc2cccc(Cl)c2n1CC1CCOCC1. The number of benzene rings is 1. The Balaban J connectivity index is 1.97. The highest BCUT2D eigenvalue weighted by molar-refractivity contribution is 6.35. The van der Waals surface area contributed by atoms with Crippen molar-refractivity contribution in [2.75, 3.05) is 18.9 Å². The van der Waals surface area contributed by atoms with Crippen LogP contribution in [0.4, 0.5) is 5.95 Å². The summed E-state index contributed by atoms with van der Waals surface area (Å²) in [5, 5.41) is 0.712. The average molecular weight is 266 g/mol. The number of anilines is 1. The summed E-state index contributed by atoms with van der Waals surface area (Å²) in [7, 11) is 0. The Morgan fingerprint density at radius 1 is 1.39 bits per heavy atom. The highest BCUT2D eigenvalue weighted by Gasteiger charge is 2.18. The molecule has 0 unspecified atom stereocenters. The molecule has 1 fully saturated rings. The molecule has 0 saturated carbocycles. The maximum atomic E-state index is 6.25. The molecule has 2 aromatic rings. The maximum Gasteiger partial charge on any atom is 0.201 e. The first kappa shape index (κ1) is 11.8. The van der Waals surface area contributed by atoms with Crippen LogP contribution in [0.1, 0.15) is 12.8 Å². The average Bonchev–Trinajstić information content (AvgIpc) is 2.69. The predicted molar refractivity (Wildman–Crippen MR) is 72.7 cm³/mol. The van der Waals surface area contributed by atoms with E-state index in [1.165, 1.54) is 0 Å². The fourth-order valence-electron chi connectivity index (χ4n) is 2.53. The summed E-state index contributed by atoms with van der Waals surface area (Å²) in [6.07, 6.45) is 2.15. The molecule has 96 valence electrons. The fourth-order valence-corrected chi connectivity index (χ4v) is 2.80. The highest BCUT2D eigenvalue weighted by Crippen LogP contribution is 2.28. The van der Waals surface area contributed by atoms with Crippen LogP contribution in [0.5, 0.6) is 0 Å². The number of ether oxygens (including phenoxy) is 1. The summed E-state index contributed by atoms with van der Waals surface area (Å²) in [6.45, 7) is 2.55. The first-order valence-electron chi connectivity index (χ1n) is 6.23. The van der Waals surface area contributed by atoms with Crippen molar-refractivity contribution in [2.24, 2.45) is 5.92 Å². The molecule has 0 spiro atoms. The summed E-state index contributed by atoms with van der Waals surface area (Å²) in [6, 6.07) is 5.72. The molecule has 1 saturated heterocycles. The number of nitrogens with zero attached hydrogens (tertiary/aromatic N) is 2. The van der Waals surface area contributed by atoms with Gasteiger partial charge in [-0.05, 0) is 30.9 Å². The summed E-state index contributed by atoms with van der Waals surface area (Å²) in [5.41, 5.74) is 7.82. The van der Waals surface area contributed by atoms with Gasteiger partial charge < -0.3 is 15.0 Å². The van der Waals surface area contributed by atoms with E-state index >= 15 is 0 Å². The van der Waals surface area contributed by atoms with Gasteiger partial charge in [0.1, 0.15) is 0 Å². The Labute approximate surface area is 111 Å². The molecular formula is C13H16ClN3O. The summed E-state index contributed by atoms with van der Waals surface area (Å²) in [4.78, 5) is 4.36. The van der Waals surface area contributed by atoms with Crippen LogP contribution in [0, 0.1) is 5.92 Å². The van der Waals surface area contributed by atoms with Crippen LogP contribution in [-0.4, -0.2) is 22.8 Å². The third-order valence-electron chi connectivity index (χ3n) is 3.53. The summed E-state index contributed by atoms with van der Waals surface area (Å²) in [5.74, 6) is 1.14. The summed E-state index contributed by atoms with van der Waals surface area (Å²) < 4.78 is 7.41. The van der Waals surface area contributed by atoms with Gasteiger partial charge in [-0.3, -0.25) is 0 Å². The van der Waals surface area contributed by atoms with Gasteiger partial charge >= 0.3 is 0 Å². The van der Waals surface area contributed by atoms with E-state index in [-0.39, 0.29) is 0 Å². The third kappa shape index (κ3) is 2.06. The van der Waals surface area contributed by atoms with E-state index in [9.17, 15) is 0 Å². The van der Waals surface area contributed by atoms with E-state index in [0.717, 1.165) is 43.6 Å². The molecule has 1 aliphatic rings. The van der Waals surface area contributed by atoms with E-state index < -0.39 is 0 Å². The predicted octanol–water partition coefficient (Wildman–Crippen LogP) is 2.70. The van der Waals surface area contributed by atoms with Crippen LogP contribution in [0.2, 0.25) is 5.02 Å². The zero-order valence-corrected chi connectivity index (χ0v) is 10.9. The molecule has 0 radical (unpaired) electrons. The van der Waals surface area contributed by atoms with Gasteiger partial charge in [0.25, 0.3) is 0 Å². The number of nitrogens with two attached hydrogens (primary N) is 1. The number of nitrogen functional groups attached to an aromatic ring is 1. The van der Waals surface area contributed by atoms with Crippen LogP contribution in [0.25, 0.3) is 11.0 Å². The van der Waals surface area contributed by atoms with E-state index in [4.69, 9.17) is 22.1 Å². The molecule has 1 aliphatic heterocycles. The number of aromatic nitrogens is 2. The molecule has 2 N–H and O–H groups in total. The number of halogens is 1. The van der Waals surface area contributed by atoms with Gasteiger partial charge in [-0.25, -0.2) is 4.98 Å². The van der Waals surface area contributed by atoms with Crippen LogP contribution in [-0.2, 0) is 11.3 Å². The van der Waals surface area contributed by atoms with Crippen molar-refractivity contribution in [3.05, 3.63) is 23.2 Å². The van der Waals surface area contributed by atoms with Crippen molar-refractivity contribution in [1.29, 1.82) is 0 Å². The Morgan fingerprint density at radius 2 is 2.17 bits per heavy atom. The Hall–Kier alpha value is -1.26. The maximum absolute atomic E-state index is 6.25. The number of rotatable bonds is 2. The minimum atomic E-state index is 0.546. The van der Waals surface area contributed by atoms with Gasteiger partial charge in [0.05, 0.1) is 16.1 Å². The molecule has 4 nitrogen and oxygen atoms in total. The molecule has 18 heavy (non-hydrogen) atoms. The topological polar surface area (TPSA) is 53.1 Å². The standard InChI is InChI=1S/C13H16ClN3O/c14-10-2-1-3-11-12(10)17(13(15)16-11)8-9-4-6-18-7-5-9/h1-3,9H,4-8H2,(H2,15,16). The molecule has 0 aliphatic carbocycles. The van der Waals surface area contributed by atoms with Crippen molar-refractivity contribution in [3.63, 3.8) is 0 Å². The summed E-state index contributed by atoms with van der Waals surface area (Å²) >= 11 is 6.25. The Bertz CT molecular complexity index is 561. The van der Waals surface area contributed by atoms with Crippen LogP contribution in [0.3, 0.4) is 0 Å². The van der Waals surface area contributed by atoms with E-state index in [1.54, 1.807) is 0 Å². The van der Waals surface area contributed by atoms with Crippen molar-refractivity contribution in [1.82, 2.24) is 9.55 Å². The fraction of sp³-hybridized carbons (Fsp3) is 0.462. The van der Waals surface area contributed by atoms with Crippen molar-refractivity contribution in [2.45, 2.75) is 19.4 Å². The minimum absolute atomic E-state index is 0.546. The van der Waals surface area contributed by atoms with Crippen molar-refractivity contribution >= 4 is 28.6 Å². The minimum Gasteiger partial charge on any atom is -0.381 e.